The van der Waals surface area contributed by atoms with Crippen LogP contribution in [-0.2, 0) is 17.6 Å². The molecular formula is C20H21N3O3. The minimum absolute atomic E-state index is 0.0242. The normalized spacial score (nSPS) is 16.2. The number of rotatable bonds is 3. The lowest BCUT2D eigenvalue weighted by Gasteiger charge is -2.34. The van der Waals surface area contributed by atoms with Gasteiger partial charge in [-0.2, -0.15) is 0 Å². The van der Waals surface area contributed by atoms with E-state index in [4.69, 9.17) is 4.74 Å². The molecule has 1 aromatic heterocycles. The molecule has 3 heterocycles. The molecule has 0 saturated carbocycles. The maximum atomic E-state index is 12.6. The fourth-order valence-electron chi connectivity index (χ4n) is 3.47. The molecule has 0 unspecified atom stereocenters. The Morgan fingerprint density at radius 1 is 1.08 bits per heavy atom. The summed E-state index contributed by atoms with van der Waals surface area (Å²) in [7, 11) is 0. The van der Waals surface area contributed by atoms with Crippen LogP contribution >= 0.6 is 0 Å². The van der Waals surface area contributed by atoms with Crippen molar-refractivity contribution in [2.75, 3.05) is 32.8 Å². The highest BCUT2D eigenvalue weighted by Crippen LogP contribution is 2.26. The molecule has 26 heavy (non-hydrogen) atoms. The Hall–Kier alpha value is -2.89. The molecule has 0 atom stereocenters. The molecule has 4 rings (SSSR count). The van der Waals surface area contributed by atoms with E-state index in [9.17, 15) is 9.59 Å². The van der Waals surface area contributed by atoms with E-state index >= 15 is 0 Å². The van der Waals surface area contributed by atoms with E-state index in [0.717, 1.165) is 24.3 Å². The van der Waals surface area contributed by atoms with Gasteiger partial charge in [-0.05, 0) is 29.3 Å². The van der Waals surface area contributed by atoms with Crippen molar-refractivity contribution in [3.63, 3.8) is 0 Å². The van der Waals surface area contributed by atoms with Gasteiger partial charge in [0.25, 0.3) is 5.91 Å². The van der Waals surface area contributed by atoms with Crippen molar-refractivity contribution in [1.82, 2.24) is 14.8 Å². The Morgan fingerprint density at radius 2 is 1.88 bits per heavy atom. The Morgan fingerprint density at radius 3 is 2.65 bits per heavy atom. The van der Waals surface area contributed by atoms with Crippen LogP contribution in [0.5, 0.6) is 5.75 Å². The molecule has 1 aromatic carbocycles. The number of fused-ring (bicyclic) bond motifs is 1. The van der Waals surface area contributed by atoms with Crippen LogP contribution in [0.4, 0.5) is 0 Å². The van der Waals surface area contributed by atoms with E-state index in [0.29, 0.717) is 38.2 Å². The molecule has 0 aliphatic carbocycles. The van der Waals surface area contributed by atoms with Gasteiger partial charge in [-0.15, -0.1) is 0 Å². The molecule has 1 fully saturated rings. The molecule has 2 aromatic rings. The molecule has 0 spiro atoms. The second-order valence-corrected chi connectivity index (χ2v) is 6.63. The lowest BCUT2D eigenvalue weighted by Crippen LogP contribution is -2.51. The Kier molecular flexibility index (Phi) is 4.56. The number of nitrogens with zero attached hydrogens (tertiary/aromatic N) is 3. The largest absolute Gasteiger partial charge is 0.493 e. The summed E-state index contributed by atoms with van der Waals surface area (Å²) < 4.78 is 5.51. The summed E-state index contributed by atoms with van der Waals surface area (Å²) in [5.41, 5.74) is 2.79. The highest BCUT2D eigenvalue weighted by atomic mass is 16.5. The van der Waals surface area contributed by atoms with Crippen molar-refractivity contribution < 1.29 is 14.3 Å². The standard InChI is InChI=1S/C20H21N3O3/c24-19(13-15-3-4-18-16(12-15)5-11-26-18)22-7-9-23(10-8-22)20(25)17-2-1-6-21-14-17/h1-4,6,12,14H,5,7-11,13H2. The molecule has 6 nitrogen and oxygen atoms in total. The lowest BCUT2D eigenvalue weighted by molar-refractivity contribution is -0.131. The second-order valence-electron chi connectivity index (χ2n) is 6.63. The molecule has 0 N–H and O–H groups in total. The van der Waals surface area contributed by atoms with Gasteiger partial charge >= 0.3 is 0 Å². The summed E-state index contributed by atoms with van der Waals surface area (Å²) in [5.74, 6) is 1.02. The number of carbonyl (C=O) groups is 2. The zero-order valence-electron chi connectivity index (χ0n) is 14.6. The number of hydrogen-bond donors (Lipinski definition) is 0. The smallest absolute Gasteiger partial charge is 0.255 e. The monoisotopic (exact) mass is 351 g/mol. The summed E-state index contributed by atoms with van der Waals surface area (Å²) in [4.78, 5) is 32.7. The van der Waals surface area contributed by atoms with Crippen LogP contribution in [0.2, 0.25) is 0 Å². The van der Waals surface area contributed by atoms with E-state index in [1.807, 2.05) is 17.0 Å². The summed E-state index contributed by atoms with van der Waals surface area (Å²) in [5, 5.41) is 0. The number of aromatic nitrogens is 1. The van der Waals surface area contributed by atoms with E-state index < -0.39 is 0 Å². The highest BCUT2D eigenvalue weighted by Gasteiger charge is 2.25. The number of benzene rings is 1. The third-order valence-electron chi connectivity index (χ3n) is 4.94. The van der Waals surface area contributed by atoms with Gasteiger partial charge in [0.2, 0.25) is 5.91 Å². The molecule has 134 valence electrons. The zero-order chi connectivity index (χ0) is 17.9. The van der Waals surface area contributed by atoms with Crippen LogP contribution in [0, 0.1) is 0 Å². The first-order valence-corrected chi connectivity index (χ1v) is 8.92. The maximum absolute atomic E-state index is 12.6. The molecule has 2 aliphatic rings. The molecule has 2 amide bonds. The Balaban J connectivity index is 1.33. The SMILES string of the molecule is O=C(Cc1ccc2c(c1)CCO2)N1CCN(C(=O)c2cccnc2)CC1. The van der Waals surface area contributed by atoms with Crippen LogP contribution in [-0.4, -0.2) is 59.4 Å². The molecule has 0 bridgehead atoms. The molecule has 2 aliphatic heterocycles. The van der Waals surface area contributed by atoms with Gasteiger partial charge in [-0.25, -0.2) is 0 Å². The fourth-order valence-corrected chi connectivity index (χ4v) is 3.47. The average Bonchev–Trinajstić information content (AvgIpc) is 3.16. The Bertz CT molecular complexity index is 814. The molecule has 1 saturated heterocycles. The van der Waals surface area contributed by atoms with Crippen LogP contribution < -0.4 is 4.74 Å². The average molecular weight is 351 g/mol. The first kappa shape index (κ1) is 16.6. The number of pyridine rings is 1. The summed E-state index contributed by atoms with van der Waals surface area (Å²) in [6.45, 7) is 2.96. The number of carbonyl (C=O) groups excluding carboxylic acids is 2. The quantitative estimate of drug-likeness (QED) is 0.842. The fraction of sp³-hybridized carbons (Fsp3) is 0.350. The van der Waals surface area contributed by atoms with Gasteiger partial charge in [0.05, 0.1) is 18.6 Å². The predicted octanol–water partition coefficient (Wildman–Crippen LogP) is 1.54. The number of amides is 2. The van der Waals surface area contributed by atoms with Crippen molar-refractivity contribution >= 4 is 11.8 Å². The van der Waals surface area contributed by atoms with E-state index in [1.54, 1.807) is 29.4 Å². The topological polar surface area (TPSA) is 62.7 Å². The summed E-state index contributed by atoms with van der Waals surface area (Å²) in [6.07, 6.45) is 4.53. The number of hydrogen-bond acceptors (Lipinski definition) is 4. The van der Waals surface area contributed by atoms with Crippen LogP contribution in [0.1, 0.15) is 21.5 Å². The van der Waals surface area contributed by atoms with E-state index in [-0.39, 0.29) is 11.8 Å². The van der Waals surface area contributed by atoms with E-state index in [2.05, 4.69) is 11.1 Å². The van der Waals surface area contributed by atoms with Gasteiger partial charge in [-0.1, -0.05) is 12.1 Å². The van der Waals surface area contributed by atoms with Gasteiger partial charge in [0.1, 0.15) is 5.75 Å². The first-order valence-electron chi connectivity index (χ1n) is 8.92. The van der Waals surface area contributed by atoms with Crippen LogP contribution in [0.3, 0.4) is 0 Å². The minimum Gasteiger partial charge on any atom is -0.493 e. The summed E-state index contributed by atoms with van der Waals surface area (Å²) in [6, 6.07) is 9.52. The first-order chi connectivity index (χ1) is 12.7. The predicted molar refractivity (Wildman–Crippen MR) is 96.1 cm³/mol. The van der Waals surface area contributed by atoms with Gasteiger partial charge < -0.3 is 14.5 Å². The maximum Gasteiger partial charge on any atom is 0.255 e. The van der Waals surface area contributed by atoms with Crippen molar-refractivity contribution in [2.24, 2.45) is 0 Å². The van der Waals surface area contributed by atoms with E-state index in [1.165, 1.54) is 5.56 Å². The van der Waals surface area contributed by atoms with Crippen molar-refractivity contribution in [2.45, 2.75) is 12.8 Å². The zero-order valence-corrected chi connectivity index (χ0v) is 14.6. The highest BCUT2D eigenvalue weighted by molar-refractivity contribution is 5.94. The molecular weight excluding hydrogens is 330 g/mol. The van der Waals surface area contributed by atoms with Gasteiger partial charge in [0, 0.05) is 45.0 Å². The third-order valence-corrected chi connectivity index (χ3v) is 4.94. The second kappa shape index (κ2) is 7.15. The van der Waals surface area contributed by atoms with Gasteiger partial charge in [0.15, 0.2) is 0 Å². The van der Waals surface area contributed by atoms with Crippen molar-refractivity contribution in [3.8, 4) is 5.75 Å². The van der Waals surface area contributed by atoms with Crippen LogP contribution in [0.15, 0.2) is 42.7 Å². The molecule has 6 heteroatoms. The van der Waals surface area contributed by atoms with Gasteiger partial charge in [-0.3, -0.25) is 14.6 Å². The number of ether oxygens (including phenoxy) is 1. The lowest BCUT2D eigenvalue weighted by atomic mass is 10.1. The Labute approximate surface area is 152 Å². The third kappa shape index (κ3) is 3.40. The minimum atomic E-state index is -0.0242. The van der Waals surface area contributed by atoms with Crippen LogP contribution in [0.25, 0.3) is 0 Å². The van der Waals surface area contributed by atoms with Crippen molar-refractivity contribution in [3.05, 3.63) is 59.4 Å². The van der Waals surface area contributed by atoms with Crippen molar-refractivity contribution in [1.29, 1.82) is 0 Å². The molecule has 0 radical (unpaired) electrons. The summed E-state index contributed by atoms with van der Waals surface area (Å²) >= 11 is 0. The number of piperazine rings is 1.